The van der Waals surface area contributed by atoms with Gasteiger partial charge in [0.25, 0.3) is 5.91 Å². The minimum Gasteiger partial charge on any atom is -0.383 e. The molecule has 10 heteroatoms. The predicted octanol–water partition coefficient (Wildman–Crippen LogP) is 3.27. The summed E-state index contributed by atoms with van der Waals surface area (Å²) >= 11 is 5.82. The first kappa shape index (κ1) is 18.9. The van der Waals surface area contributed by atoms with Crippen LogP contribution in [0.1, 0.15) is 16.1 Å². The van der Waals surface area contributed by atoms with Crippen LogP contribution in [0.25, 0.3) is 0 Å². The summed E-state index contributed by atoms with van der Waals surface area (Å²) < 4.78 is 44.4. The average Bonchev–Trinajstić information content (AvgIpc) is 2.54. The highest BCUT2D eigenvalue weighted by atomic mass is 35.5. The van der Waals surface area contributed by atoms with E-state index in [2.05, 4.69) is 20.6 Å². The largest absolute Gasteiger partial charge is 0.434 e. The van der Waals surface area contributed by atoms with Crippen LogP contribution in [-0.4, -0.2) is 36.1 Å². The van der Waals surface area contributed by atoms with E-state index in [0.717, 1.165) is 6.20 Å². The number of hydrogen-bond acceptors (Lipinski definition) is 5. The molecule has 2 aromatic rings. The molecule has 6 nitrogen and oxygen atoms in total. The van der Waals surface area contributed by atoms with Crippen LogP contribution >= 0.6 is 11.6 Å². The highest BCUT2D eigenvalue weighted by Crippen LogP contribution is 2.31. The zero-order chi connectivity index (χ0) is 18.4. The van der Waals surface area contributed by atoms with Crippen molar-refractivity contribution in [3.05, 3.63) is 46.7 Å². The summed E-state index contributed by atoms with van der Waals surface area (Å²) in [6.45, 7) is 0.234. The number of carbonyl (C=O) groups is 1. The fourth-order valence-electron chi connectivity index (χ4n) is 1.88. The maximum absolute atomic E-state index is 13.2. The Hall–Kier alpha value is -2.39. The van der Waals surface area contributed by atoms with E-state index in [4.69, 9.17) is 16.3 Å². The molecule has 25 heavy (non-hydrogen) atoms. The van der Waals surface area contributed by atoms with Gasteiger partial charge < -0.3 is 15.4 Å². The molecule has 1 aromatic heterocycles. The normalized spacial score (nSPS) is 11.2. The molecule has 0 aliphatic heterocycles. The van der Waals surface area contributed by atoms with E-state index in [9.17, 15) is 18.0 Å². The number of hydrogen-bond donors (Lipinski definition) is 2. The number of nitrogens with one attached hydrogen (secondary N) is 2. The molecule has 0 aliphatic carbocycles. The Labute approximate surface area is 146 Å². The third-order valence-corrected chi connectivity index (χ3v) is 3.21. The Balaban J connectivity index is 2.29. The standard InChI is InChI=1S/C15H14ClF3N4O2/c1-25-6-5-20-13(24)11-8-21-14(23-12(11)15(17,18)19)22-10-4-2-3-9(16)7-10/h2-4,7-8H,5-6H2,1H3,(H,20,24)(H,21,22,23). The Bertz CT molecular complexity index is 756. The highest BCUT2D eigenvalue weighted by Gasteiger charge is 2.38. The summed E-state index contributed by atoms with van der Waals surface area (Å²) in [5.74, 6) is -1.23. The number of alkyl halides is 3. The molecule has 2 N–H and O–H groups in total. The first-order valence-corrected chi connectivity index (χ1v) is 7.43. The smallest absolute Gasteiger partial charge is 0.383 e. The Morgan fingerprint density at radius 3 is 2.76 bits per heavy atom. The van der Waals surface area contributed by atoms with Gasteiger partial charge >= 0.3 is 6.18 Å². The van der Waals surface area contributed by atoms with E-state index in [1.165, 1.54) is 13.2 Å². The number of carbonyl (C=O) groups excluding carboxylic acids is 1. The zero-order valence-corrected chi connectivity index (χ0v) is 13.8. The number of nitrogens with zero attached hydrogens (tertiary/aromatic N) is 2. The van der Waals surface area contributed by atoms with E-state index < -0.39 is 23.3 Å². The van der Waals surface area contributed by atoms with Crippen molar-refractivity contribution in [3.63, 3.8) is 0 Å². The maximum Gasteiger partial charge on any atom is 0.434 e. The van der Waals surface area contributed by atoms with E-state index >= 15 is 0 Å². The molecule has 0 saturated carbocycles. The fourth-order valence-corrected chi connectivity index (χ4v) is 2.07. The van der Waals surface area contributed by atoms with Gasteiger partial charge in [0.15, 0.2) is 5.69 Å². The lowest BCUT2D eigenvalue weighted by molar-refractivity contribution is -0.141. The van der Waals surface area contributed by atoms with Crippen molar-refractivity contribution in [1.82, 2.24) is 15.3 Å². The minimum absolute atomic E-state index is 0.0646. The van der Waals surface area contributed by atoms with Gasteiger partial charge in [-0.1, -0.05) is 17.7 Å². The molecular formula is C15H14ClF3N4O2. The lowest BCUT2D eigenvalue weighted by atomic mass is 10.2. The van der Waals surface area contributed by atoms with Crippen molar-refractivity contribution in [2.24, 2.45) is 0 Å². The summed E-state index contributed by atoms with van der Waals surface area (Å²) in [6, 6.07) is 6.33. The van der Waals surface area contributed by atoms with Crippen LogP contribution in [0, 0.1) is 0 Å². The van der Waals surface area contributed by atoms with E-state index in [-0.39, 0.29) is 19.1 Å². The van der Waals surface area contributed by atoms with E-state index in [1.807, 2.05) is 0 Å². The number of amides is 1. The molecule has 0 atom stereocenters. The van der Waals surface area contributed by atoms with Gasteiger partial charge in [0.2, 0.25) is 5.95 Å². The van der Waals surface area contributed by atoms with Gasteiger partial charge in [-0.2, -0.15) is 13.2 Å². The quantitative estimate of drug-likeness (QED) is 0.759. The number of benzene rings is 1. The Morgan fingerprint density at radius 1 is 1.36 bits per heavy atom. The molecule has 1 heterocycles. The van der Waals surface area contributed by atoms with Crippen LogP contribution in [0.4, 0.5) is 24.8 Å². The second kappa shape index (κ2) is 8.13. The van der Waals surface area contributed by atoms with Gasteiger partial charge in [0.1, 0.15) is 0 Å². The summed E-state index contributed by atoms with van der Waals surface area (Å²) in [7, 11) is 1.41. The van der Waals surface area contributed by atoms with Gasteiger partial charge in [0, 0.05) is 30.6 Å². The molecule has 0 unspecified atom stereocenters. The number of methoxy groups -OCH3 is 1. The molecule has 1 amide bonds. The minimum atomic E-state index is -4.82. The van der Waals surface area contributed by atoms with Gasteiger partial charge in [-0.15, -0.1) is 0 Å². The third-order valence-electron chi connectivity index (χ3n) is 2.97. The SMILES string of the molecule is COCCNC(=O)c1cnc(Nc2cccc(Cl)c2)nc1C(F)(F)F. The first-order valence-electron chi connectivity index (χ1n) is 7.05. The third kappa shape index (κ3) is 5.30. The highest BCUT2D eigenvalue weighted by molar-refractivity contribution is 6.30. The average molecular weight is 375 g/mol. The van der Waals surface area contributed by atoms with Crippen molar-refractivity contribution in [2.75, 3.05) is 25.6 Å². The van der Waals surface area contributed by atoms with Crippen LogP contribution in [0.5, 0.6) is 0 Å². The molecule has 0 fully saturated rings. The molecule has 0 radical (unpaired) electrons. The van der Waals surface area contributed by atoms with Crippen molar-refractivity contribution in [2.45, 2.75) is 6.18 Å². The molecule has 1 aromatic carbocycles. The van der Waals surface area contributed by atoms with Crippen molar-refractivity contribution in [3.8, 4) is 0 Å². The molecule has 0 aliphatic rings. The van der Waals surface area contributed by atoms with Gasteiger partial charge in [-0.05, 0) is 18.2 Å². The van der Waals surface area contributed by atoms with Crippen LogP contribution in [0.3, 0.4) is 0 Å². The van der Waals surface area contributed by atoms with Crippen LogP contribution in [0.2, 0.25) is 5.02 Å². The summed E-state index contributed by atoms with van der Waals surface area (Å²) in [6.07, 6.45) is -3.99. The topological polar surface area (TPSA) is 76.1 Å². The molecule has 0 bridgehead atoms. The number of aromatic nitrogens is 2. The van der Waals surface area contributed by atoms with Crippen LogP contribution < -0.4 is 10.6 Å². The zero-order valence-electron chi connectivity index (χ0n) is 13.0. The molecular weight excluding hydrogens is 361 g/mol. The van der Waals surface area contributed by atoms with Crippen LogP contribution in [-0.2, 0) is 10.9 Å². The van der Waals surface area contributed by atoms with E-state index in [0.29, 0.717) is 10.7 Å². The van der Waals surface area contributed by atoms with Gasteiger partial charge in [0.05, 0.1) is 12.2 Å². The molecule has 0 spiro atoms. The van der Waals surface area contributed by atoms with Crippen molar-refractivity contribution >= 4 is 29.1 Å². The summed E-state index contributed by atoms with van der Waals surface area (Å²) in [5.41, 5.74) is -1.58. The number of halogens is 4. The molecule has 2 rings (SSSR count). The van der Waals surface area contributed by atoms with E-state index in [1.54, 1.807) is 18.2 Å². The Morgan fingerprint density at radius 2 is 2.12 bits per heavy atom. The lowest BCUT2D eigenvalue weighted by Crippen LogP contribution is -2.30. The van der Waals surface area contributed by atoms with Crippen molar-refractivity contribution < 1.29 is 22.7 Å². The lowest BCUT2D eigenvalue weighted by Gasteiger charge is -2.13. The fraction of sp³-hybridized carbons (Fsp3) is 0.267. The van der Waals surface area contributed by atoms with Gasteiger partial charge in [-0.25, -0.2) is 9.97 Å². The summed E-state index contributed by atoms with van der Waals surface area (Å²) in [4.78, 5) is 19.1. The maximum atomic E-state index is 13.2. The van der Waals surface area contributed by atoms with Gasteiger partial charge in [-0.3, -0.25) is 4.79 Å². The van der Waals surface area contributed by atoms with Crippen molar-refractivity contribution in [1.29, 1.82) is 0 Å². The molecule has 134 valence electrons. The van der Waals surface area contributed by atoms with Crippen LogP contribution in [0.15, 0.2) is 30.5 Å². The Kier molecular flexibility index (Phi) is 6.16. The number of anilines is 2. The predicted molar refractivity (Wildman–Crippen MR) is 86.0 cm³/mol. The number of ether oxygens (including phenoxy) is 1. The monoisotopic (exact) mass is 374 g/mol. The number of rotatable bonds is 6. The second-order valence-electron chi connectivity index (χ2n) is 4.84. The summed E-state index contributed by atoms with van der Waals surface area (Å²) in [5, 5.41) is 5.32. The molecule has 0 saturated heterocycles. The second-order valence-corrected chi connectivity index (χ2v) is 5.27. The first-order chi connectivity index (χ1) is 11.8.